The van der Waals surface area contributed by atoms with E-state index in [1.807, 2.05) is 6.92 Å². The quantitative estimate of drug-likeness (QED) is 0.900. The summed E-state index contributed by atoms with van der Waals surface area (Å²) in [4.78, 5) is 20.8. The maximum Gasteiger partial charge on any atom is 0.355 e. The molecule has 1 aromatic heterocycles. The fraction of sp³-hybridized carbons (Fsp3) is 0.692. The van der Waals surface area contributed by atoms with Gasteiger partial charge in [-0.05, 0) is 13.3 Å². The first-order valence-electron chi connectivity index (χ1n) is 6.92. The maximum absolute atomic E-state index is 11.1. The van der Waals surface area contributed by atoms with Crippen LogP contribution in [0.25, 0.3) is 0 Å². The fourth-order valence-corrected chi connectivity index (χ4v) is 3.81. The number of carboxylic acids is 1. The van der Waals surface area contributed by atoms with Gasteiger partial charge in [-0.3, -0.25) is 4.90 Å². The van der Waals surface area contributed by atoms with Crippen LogP contribution < -0.4 is 4.90 Å². The first kappa shape index (κ1) is 13.8. The van der Waals surface area contributed by atoms with E-state index in [2.05, 4.69) is 14.8 Å². The Morgan fingerprint density at radius 1 is 1.40 bits per heavy atom. The van der Waals surface area contributed by atoms with E-state index in [1.165, 1.54) is 11.3 Å². The number of nitrogens with zero attached hydrogens (tertiary/aromatic N) is 3. The molecule has 3 rings (SSSR count). The second kappa shape index (κ2) is 5.67. The summed E-state index contributed by atoms with van der Waals surface area (Å²) in [5, 5.41) is 9.92. The van der Waals surface area contributed by atoms with Gasteiger partial charge in [0.15, 0.2) is 10.8 Å². The van der Waals surface area contributed by atoms with Crippen LogP contribution in [0.1, 0.15) is 21.8 Å². The first-order valence-corrected chi connectivity index (χ1v) is 7.74. The van der Waals surface area contributed by atoms with Crippen molar-refractivity contribution in [2.24, 2.45) is 0 Å². The first-order chi connectivity index (χ1) is 9.65. The molecule has 1 atom stereocenters. The number of anilines is 1. The van der Waals surface area contributed by atoms with Crippen LogP contribution in [0.4, 0.5) is 5.13 Å². The molecule has 0 spiro atoms. The Morgan fingerprint density at radius 3 is 2.80 bits per heavy atom. The zero-order valence-electron chi connectivity index (χ0n) is 11.5. The predicted octanol–water partition coefficient (Wildman–Crippen LogP) is 1.06. The zero-order valence-corrected chi connectivity index (χ0v) is 12.4. The molecule has 1 unspecified atom stereocenters. The van der Waals surface area contributed by atoms with Gasteiger partial charge in [-0.25, -0.2) is 9.78 Å². The second-order valence-electron chi connectivity index (χ2n) is 5.24. The summed E-state index contributed by atoms with van der Waals surface area (Å²) in [6, 6.07) is 0.538. The van der Waals surface area contributed by atoms with Crippen LogP contribution in [0.15, 0.2) is 0 Å². The van der Waals surface area contributed by atoms with Crippen LogP contribution in [0.3, 0.4) is 0 Å². The van der Waals surface area contributed by atoms with Crippen LogP contribution in [-0.2, 0) is 4.74 Å². The fourth-order valence-electron chi connectivity index (χ4n) is 2.87. The Bertz CT molecular complexity index is 499. The molecule has 2 aliphatic heterocycles. The van der Waals surface area contributed by atoms with Gasteiger partial charge in [0.2, 0.25) is 0 Å². The average molecular weight is 297 g/mol. The van der Waals surface area contributed by atoms with E-state index in [9.17, 15) is 4.79 Å². The van der Waals surface area contributed by atoms with Crippen molar-refractivity contribution in [2.75, 3.05) is 44.3 Å². The lowest BCUT2D eigenvalue weighted by Crippen LogP contribution is -2.44. The van der Waals surface area contributed by atoms with Gasteiger partial charge in [0, 0.05) is 37.1 Å². The van der Waals surface area contributed by atoms with E-state index >= 15 is 0 Å². The number of carboxylic acid groups (broad SMARTS) is 1. The van der Waals surface area contributed by atoms with E-state index in [0.717, 1.165) is 55.8 Å². The number of aromatic carboxylic acids is 1. The average Bonchev–Trinajstić information content (AvgIpc) is 3.06. The van der Waals surface area contributed by atoms with Crippen LogP contribution >= 0.6 is 11.3 Å². The van der Waals surface area contributed by atoms with Gasteiger partial charge in [0.25, 0.3) is 0 Å². The van der Waals surface area contributed by atoms with Crippen LogP contribution in [-0.4, -0.2) is 66.4 Å². The monoisotopic (exact) mass is 297 g/mol. The molecule has 7 heteroatoms. The topological polar surface area (TPSA) is 65.9 Å². The Morgan fingerprint density at radius 2 is 2.15 bits per heavy atom. The van der Waals surface area contributed by atoms with Crippen LogP contribution in [0.2, 0.25) is 0 Å². The van der Waals surface area contributed by atoms with Crippen molar-refractivity contribution < 1.29 is 14.6 Å². The molecule has 0 amide bonds. The molecule has 1 N–H and O–H groups in total. The normalized spacial score (nSPS) is 24.2. The Kier molecular flexibility index (Phi) is 3.91. The van der Waals surface area contributed by atoms with Crippen molar-refractivity contribution in [2.45, 2.75) is 19.4 Å². The number of thiazole rings is 1. The molecule has 2 fully saturated rings. The second-order valence-corrected chi connectivity index (χ2v) is 6.42. The molecule has 0 aliphatic carbocycles. The molecule has 3 heterocycles. The molecule has 110 valence electrons. The van der Waals surface area contributed by atoms with Crippen molar-refractivity contribution in [1.82, 2.24) is 9.88 Å². The minimum absolute atomic E-state index is 0.194. The van der Waals surface area contributed by atoms with Crippen molar-refractivity contribution in [3.8, 4) is 0 Å². The lowest BCUT2D eigenvalue weighted by Gasteiger charge is -2.32. The molecule has 2 aliphatic rings. The highest BCUT2D eigenvalue weighted by Gasteiger charge is 2.30. The third kappa shape index (κ3) is 2.65. The zero-order chi connectivity index (χ0) is 14.1. The number of rotatable bonds is 3. The molecule has 1 aromatic rings. The SMILES string of the molecule is Cc1sc(N2CCC(N3CCOCC3)C2)nc1C(=O)O. The lowest BCUT2D eigenvalue weighted by molar-refractivity contribution is 0.0209. The summed E-state index contributed by atoms with van der Waals surface area (Å²) < 4.78 is 5.39. The molecular formula is C13H19N3O3S. The van der Waals surface area contributed by atoms with Gasteiger partial charge in [-0.2, -0.15) is 0 Å². The van der Waals surface area contributed by atoms with Gasteiger partial charge >= 0.3 is 5.97 Å². The summed E-state index contributed by atoms with van der Waals surface area (Å²) >= 11 is 1.48. The Labute approximate surface area is 122 Å². The van der Waals surface area contributed by atoms with Crippen LogP contribution in [0.5, 0.6) is 0 Å². The Hall–Kier alpha value is -1.18. The van der Waals surface area contributed by atoms with Crippen LogP contribution in [0, 0.1) is 6.92 Å². The largest absolute Gasteiger partial charge is 0.476 e. The molecule has 0 aromatic carbocycles. The highest BCUT2D eigenvalue weighted by Crippen LogP contribution is 2.29. The number of morpholine rings is 1. The third-order valence-electron chi connectivity index (χ3n) is 3.98. The summed E-state index contributed by atoms with van der Waals surface area (Å²) in [6.07, 6.45) is 1.11. The summed E-state index contributed by atoms with van der Waals surface area (Å²) in [7, 11) is 0. The number of ether oxygens (including phenoxy) is 1. The predicted molar refractivity (Wildman–Crippen MR) is 76.8 cm³/mol. The van der Waals surface area contributed by atoms with E-state index in [4.69, 9.17) is 9.84 Å². The number of aromatic nitrogens is 1. The minimum Gasteiger partial charge on any atom is -0.476 e. The molecule has 2 saturated heterocycles. The van der Waals surface area contributed by atoms with Crippen molar-refractivity contribution in [1.29, 1.82) is 0 Å². The number of carbonyl (C=O) groups is 1. The standard InChI is InChI=1S/C13H19N3O3S/c1-9-11(12(17)18)14-13(20-9)16-3-2-10(8-16)15-4-6-19-7-5-15/h10H,2-8H2,1H3,(H,17,18). The highest BCUT2D eigenvalue weighted by molar-refractivity contribution is 7.15. The van der Waals surface area contributed by atoms with E-state index in [-0.39, 0.29) is 5.69 Å². The number of hydrogen-bond acceptors (Lipinski definition) is 6. The third-order valence-corrected chi connectivity index (χ3v) is 5.02. The highest BCUT2D eigenvalue weighted by atomic mass is 32.1. The number of hydrogen-bond donors (Lipinski definition) is 1. The summed E-state index contributed by atoms with van der Waals surface area (Å²) in [5.41, 5.74) is 0.194. The van der Waals surface area contributed by atoms with Gasteiger partial charge in [0.05, 0.1) is 13.2 Å². The van der Waals surface area contributed by atoms with E-state index in [0.29, 0.717) is 6.04 Å². The molecule has 0 bridgehead atoms. The van der Waals surface area contributed by atoms with Gasteiger partial charge < -0.3 is 14.7 Å². The maximum atomic E-state index is 11.1. The summed E-state index contributed by atoms with van der Waals surface area (Å²) in [6.45, 7) is 7.33. The van der Waals surface area contributed by atoms with Crippen molar-refractivity contribution in [3.63, 3.8) is 0 Å². The molecule has 0 radical (unpaired) electrons. The van der Waals surface area contributed by atoms with E-state index < -0.39 is 5.97 Å². The van der Waals surface area contributed by atoms with Gasteiger partial charge in [0.1, 0.15) is 0 Å². The summed E-state index contributed by atoms with van der Waals surface area (Å²) in [5.74, 6) is -0.936. The van der Waals surface area contributed by atoms with Gasteiger partial charge in [-0.15, -0.1) is 11.3 Å². The smallest absolute Gasteiger partial charge is 0.355 e. The van der Waals surface area contributed by atoms with Crippen molar-refractivity contribution >= 4 is 22.4 Å². The lowest BCUT2D eigenvalue weighted by atomic mass is 10.2. The van der Waals surface area contributed by atoms with Crippen molar-refractivity contribution in [3.05, 3.63) is 10.6 Å². The molecular weight excluding hydrogens is 278 g/mol. The van der Waals surface area contributed by atoms with Gasteiger partial charge in [-0.1, -0.05) is 0 Å². The minimum atomic E-state index is -0.936. The molecule has 6 nitrogen and oxygen atoms in total. The Balaban J connectivity index is 1.67. The molecule has 0 saturated carbocycles. The number of aryl methyl sites for hydroxylation is 1. The molecule has 20 heavy (non-hydrogen) atoms. The van der Waals surface area contributed by atoms with E-state index in [1.54, 1.807) is 0 Å².